The summed E-state index contributed by atoms with van der Waals surface area (Å²) in [6, 6.07) is 3.80. The van der Waals surface area contributed by atoms with Gasteiger partial charge in [0.25, 0.3) is 0 Å². The van der Waals surface area contributed by atoms with Gasteiger partial charge >= 0.3 is 0 Å². The quantitative estimate of drug-likeness (QED) is 0.839. The summed E-state index contributed by atoms with van der Waals surface area (Å²) in [4.78, 5) is 4.12. The van der Waals surface area contributed by atoms with Gasteiger partial charge in [0.05, 0.1) is 6.04 Å². The fraction of sp³-hybridized carbons (Fsp3) is 0.308. The summed E-state index contributed by atoms with van der Waals surface area (Å²) in [5.41, 5.74) is 9.47. The maximum Gasteiger partial charge on any atom is 0.106 e. The van der Waals surface area contributed by atoms with Crippen molar-refractivity contribution in [2.75, 3.05) is 0 Å². The summed E-state index contributed by atoms with van der Waals surface area (Å²) in [5, 5.41) is 0. The molecule has 0 aliphatic carbocycles. The molecule has 0 aliphatic rings. The third-order valence-corrected chi connectivity index (χ3v) is 2.83. The van der Waals surface area contributed by atoms with E-state index in [1.807, 2.05) is 39.1 Å². The zero-order chi connectivity index (χ0) is 11.7. The summed E-state index contributed by atoms with van der Waals surface area (Å²) in [7, 11) is 0. The minimum atomic E-state index is -0.161. The molecule has 2 heterocycles. The van der Waals surface area contributed by atoms with E-state index in [9.17, 15) is 0 Å². The van der Waals surface area contributed by atoms with E-state index in [2.05, 4.69) is 4.98 Å². The lowest BCUT2D eigenvalue weighted by atomic mass is 9.98. The second-order valence-electron chi connectivity index (χ2n) is 4.08. The molecule has 1 atom stereocenters. The topological polar surface area (TPSA) is 52.0 Å². The maximum atomic E-state index is 6.23. The van der Waals surface area contributed by atoms with Crippen LogP contribution in [0.1, 0.15) is 34.3 Å². The molecule has 1 unspecified atom stereocenters. The van der Waals surface area contributed by atoms with Crippen molar-refractivity contribution in [1.29, 1.82) is 0 Å². The molecular weight excluding hydrogens is 200 g/mol. The smallest absolute Gasteiger partial charge is 0.106 e. The first-order chi connectivity index (χ1) is 7.59. The average Bonchev–Trinajstić information content (AvgIpc) is 2.58. The number of aryl methyl sites for hydroxylation is 3. The minimum Gasteiger partial charge on any atom is -0.466 e. The Morgan fingerprint density at radius 1 is 1.25 bits per heavy atom. The number of pyridine rings is 1. The van der Waals surface area contributed by atoms with Crippen LogP contribution in [0.25, 0.3) is 0 Å². The number of hydrogen-bond acceptors (Lipinski definition) is 3. The van der Waals surface area contributed by atoms with E-state index in [0.717, 1.165) is 28.2 Å². The third kappa shape index (κ3) is 1.86. The van der Waals surface area contributed by atoms with Crippen LogP contribution in [0, 0.1) is 20.8 Å². The first-order valence-electron chi connectivity index (χ1n) is 5.32. The van der Waals surface area contributed by atoms with Gasteiger partial charge in [-0.15, -0.1) is 0 Å². The summed E-state index contributed by atoms with van der Waals surface area (Å²) in [6.45, 7) is 5.91. The molecule has 84 valence electrons. The van der Waals surface area contributed by atoms with E-state index in [1.54, 1.807) is 6.20 Å². The summed E-state index contributed by atoms with van der Waals surface area (Å²) < 4.78 is 5.50. The molecule has 2 N–H and O–H groups in total. The largest absolute Gasteiger partial charge is 0.466 e. The molecule has 0 saturated heterocycles. The van der Waals surface area contributed by atoms with Crippen molar-refractivity contribution < 1.29 is 4.42 Å². The fourth-order valence-corrected chi connectivity index (χ4v) is 1.93. The van der Waals surface area contributed by atoms with Crippen LogP contribution >= 0.6 is 0 Å². The van der Waals surface area contributed by atoms with Crippen molar-refractivity contribution in [3.63, 3.8) is 0 Å². The van der Waals surface area contributed by atoms with Crippen LogP contribution in [-0.2, 0) is 0 Å². The highest BCUT2D eigenvalue weighted by Gasteiger charge is 2.16. The Bertz CT molecular complexity index is 502. The third-order valence-electron chi connectivity index (χ3n) is 2.83. The first-order valence-corrected chi connectivity index (χ1v) is 5.32. The maximum absolute atomic E-state index is 6.23. The summed E-state index contributed by atoms with van der Waals surface area (Å²) in [6.07, 6.45) is 3.60. The Kier molecular flexibility index (Phi) is 2.79. The van der Waals surface area contributed by atoms with E-state index >= 15 is 0 Å². The normalized spacial score (nSPS) is 12.8. The van der Waals surface area contributed by atoms with Crippen molar-refractivity contribution >= 4 is 0 Å². The molecule has 3 nitrogen and oxygen atoms in total. The van der Waals surface area contributed by atoms with Crippen LogP contribution in [0.2, 0.25) is 0 Å². The van der Waals surface area contributed by atoms with Gasteiger partial charge in [-0.05, 0) is 44.0 Å². The highest BCUT2D eigenvalue weighted by molar-refractivity contribution is 5.36. The van der Waals surface area contributed by atoms with Crippen molar-refractivity contribution in [1.82, 2.24) is 4.98 Å². The van der Waals surface area contributed by atoms with Crippen molar-refractivity contribution in [3.8, 4) is 0 Å². The number of aromatic nitrogens is 1. The van der Waals surface area contributed by atoms with Gasteiger partial charge in [0.15, 0.2) is 0 Å². The molecule has 2 aromatic rings. The molecule has 0 bridgehead atoms. The van der Waals surface area contributed by atoms with E-state index in [0.29, 0.717) is 0 Å². The average molecular weight is 216 g/mol. The van der Waals surface area contributed by atoms with Gasteiger partial charge < -0.3 is 10.2 Å². The molecule has 0 aromatic carbocycles. The first kappa shape index (κ1) is 10.9. The van der Waals surface area contributed by atoms with Crippen LogP contribution in [-0.4, -0.2) is 4.98 Å². The standard InChI is InChI=1S/C13H16N2O/c1-8-4-5-15-7-12(8)13(14)11-6-9(2)16-10(11)3/h4-7,13H,14H2,1-3H3. The Morgan fingerprint density at radius 3 is 2.56 bits per heavy atom. The molecule has 0 radical (unpaired) electrons. The number of rotatable bonds is 2. The zero-order valence-electron chi connectivity index (χ0n) is 9.82. The fourth-order valence-electron chi connectivity index (χ4n) is 1.93. The lowest BCUT2D eigenvalue weighted by Crippen LogP contribution is -2.13. The number of nitrogens with two attached hydrogens (primary N) is 1. The van der Waals surface area contributed by atoms with Gasteiger partial charge in [0.2, 0.25) is 0 Å². The van der Waals surface area contributed by atoms with Crippen molar-refractivity contribution in [3.05, 3.63) is 52.7 Å². The van der Waals surface area contributed by atoms with Crippen molar-refractivity contribution in [2.45, 2.75) is 26.8 Å². The Hall–Kier alpha value is -1.61. The summed E-state index contributed by atoms with van der Waals surface area (Å²) in [5.74, 6) is 1.78. The number of nitrogens with zero attached hydrogens (tertiary/aromatic N) is 1. The van der Waals surface area contributed by atoms with Crippen LogP contribution in [0.3, 0.4) is 0 Å². The van der Waals surface area contributed by atoms with E-state index < -0.39 is 0 Å². The number of furan rings is 1. The highest BCUT2D eigenvalue weighted by atomic mass is 16.3. The van der Waals surface area contributed by atoms with Gasteiger partial charge in [-0.3, -0.25) is 4.98 Å². The molecule has 0 saturated carbocycles. The van der Waals surface area contributed by atoms with Crippen LogP contribution < -0.4 is 5.73 Å². The predicted octanol–water partition coefficient (Wildman–Crippen LogP) is 2.65. The zero-order valence-corrected chi connectivity index (χ0v) is 9.82. The second-order valence-corrected chi connectivity index (χ2v) is 4.08. The predicted molar refractivity (Wildman–Crippen MR) is 63.2 cm³/mol. The van der Waals surface area contributed by atoms with Gasteiger partial charge in [0, 0.05) is 18.0 Å². The number of hydrogen-bond donors (Lipinski definition) is 1. The molecular formula is C13H16N2O. The molecule has 0 spiro atoms. The minimum absolute atomic E-state index is 0.161. The molecule has 3 heteroatoms. The van der Waals surface area contributed by atoms with E-state index in [-0.39, 0.29) is 6.04 Å². The lowest BCUT2D eigenvalue weighted by Gasteiger charge is -2.13. The molecule has 0 aliphatic heterocycles. The molecule has 2 aromatic heterocycles. The molecule has 16 heavy (non-hydrogen) atoms. The Morgan fingerprint density at radius 2 is 2.00 bits per heavy atom. The monoisotopic (exact) mass is 216 g/mol. The van der Waals surface area contributed by atoms with Gasteiger partial charge in [-0.2, -0.15) is 0 Å². The molecule has 2 rings (SSSR count). The lowest BCUT2D eigenvalue weighted by molar-refractivity contribution is 0.499. The van der Waals surface area contributed by atoms with E-state index in [4.69, 9.17) is 10.2 Å². The van der Waals surface area contributed by atoms with Crippen molar-refractivity contribution in [2.24, 2.45) is 5.73 Å². The van der Waals surface area contributed by atoms with Crippen LogP contribution in [0.4, 0.5) is 0 Å². The second kappa shape index (κ2) is 4.10. The Balaban J connectivity index is 2.43. The summed E-state index contributed by atoms with van der Waals surface area (Å²) >= 11 is 0. The van der Waals surface area contributed by atoms with Gasteiger partial charge in [0.1, 0.15) is 11.5 Å². The van der Waals surface area contributed by atoms with Gasteiger partial charge in [-0.1, -0.05) is 0 Å². The SMILES string of the molecule is Cc1cc(C(N)c2cnccc2C)c(C)o1. The van der Waals surface area contributed by atoms with Gasteiger partial charge in [-0.25, -0.2) is 0 Å². The molecule has 0 fully saturated rings. The highest BCUT2D eigenvalue weighted by Crippen LogP contribution is 2.26. The van der Waals surface area contributed by atoms with Crippen LogP contribution in [0.5, 0.6) is 0 Å². The Labute approximate surface area is 95.3 Å². The van der Waals surface area contributed by atoms with Crippen LogP contribution in [0.15, 0.2) is 28.9 Å². The molecule has 0 amide bonds. The van der Waals surface area contributed by atoms with E-state index in [1.165, 1.54) is 0 Å².